The molecule has 1 aliphatic carbocycles. The van der Waals surface area contributed by atoms with Crippen LogP contribution in [0.2, 0.25) is 0 Å². The van der Waals surface area contributed by atoms with E-state index < -0.39 is 21.7 Å². The van der Waals surface area contributed by atoms with Gasteiger partial charge in [-0.3, -0.25) is 0 Å². The Morgan fingerprint density at radius 2 is 1.78 bits per heavy atom. The molecule has 0 unspecified atom stereocenters. The van der Waals surface area contributed by atoms with Crippen molar-refractivity contribution in [1.82, 2.24) is 9.62 Å². The second kappa shape index (κ2) is 8.04. The zero-order valence-corrected chi connectivity index (χ0v) is 16.3. The fourth-order valence-electron chi connectivity index (χ4n) is 3.69. The summed E-state index contributed by atoms with van der Waals surface area (Å²) in [5, 5.41) is 0. The molecule has 0 bridgehead atoms. The highest BCUT2D eigenvalue weighted by atomic mass is 32.2. The molecule has 146 valence electrons. The van der Waals surface area contributed by atoms with E-state index in [1.54, 1.807) is 0 Å². The normalized spacial score (nSPS) is 20.3. The van der Waals surface area contributed by atoms with Crippen LogP contribution in [0.4, 0.5) is 8.78 Å². The molecule has 2 aromatic rings. The molecule has 2 aromatic carbocycles. The van der Waals surface area contributed by atoms with Crippen LogP contribution in [0.3, 0.4) is 0 Å². The van der Waals surface area contributed by atoms with Gasteiger partial charge in [-0.2, -0.15) is 0 Å². The maximum Gasteiger partial charge on any atom is 0.240 e. The van der Waals surface area contributed by atoms with Crippen LogP contribution < -0.4 is 4.72 Å². The van der Waals surface area contributed by atoms with Crippen LogP contribution in [0.15, 0.2) is 47.4 Å². The first-order chi connectivity index (χ1) is 12.7. The van der Waals surface area contributed by atoms with Gasteiger partial charge in [-0.1, -0.05) is 12.1 Å². The summed E-state index contributed by atoms with van der Waals surface area (Å²) in [6.07, 6.45) is 2.67. The lowest BCUT2D eigenvalue weighted by Crippen LogP contribution is -2.33. The molecule has 0 aliphatic heterocycles. The van der Waals surface area contributed by atoms with Gasteiger partial charge in [-0.25, -0.2) is 21.9 Å². The summed E-state index contributed by atoms with van der Waals surface area (Å²) in [5.41, 5.74) is 0.731. The lowest BCUT2D eigenvalue weighted by molar-refractivity contribution is 0.325. The number of hydrogen-bond acceptors (Lipinski definition) is 3. The van der Waals surface area contributed by atoms with Gasteiger partial charge < -0.3 is 4.90 Å². The van der Waals surface area contributed by atoms with Crippen molar-refractivity contribution >= 4 is 10.0 Å². The van der Waals surface area contributed by atoms with Crippen molar-refractivity contribution in [2.24, 2.45) is 5.92 Å². The molecule has 1 aliphatic rings. The van der Waals surface area contributed by atoms with Crippen LogP contribution in [0.5, 0.6) is 0 Å². The Labute approximate surface area is 159 Å². The first-order valence-electron chi connectivity index (χ1n) is 8.97. The van der Waals surface area contributed by atoms with Gasteiger partial charge in [-0.05, 0) is 69.1 Å². The molecule has 2 atom stereocenters. The van der Waals surface area contributed by atoms with Crippen molar-refractivity contribution < 1.29 is 17.2 Å². The molecular weight excluding hydrogens is 370 g/mol. The molecular formula is C20H24F2N2O2S. The highest BCUT2D eigenvalue weighted by Crippen LogP contribution is 2.28. The van der Waals surface area contributed by atoms with Crippen LogP contribution in [0, 0.1) is 17.6 Å². The summed E-state index contributed by atoms with van der Waals surface area (Å²) in [6, 6.07) is 9.24. The van der Waals surface area contributed by atoms with Gasteiger partial charge in [0.15, 0.2) is 0 Å². The molecule has 0 saturated heterocycles. The molecule has 0 radical (unpaired) electrons. The Morgan fingerprint density at radius 1 is 1.07 bits per heavy atom. The van der Waals surface area contributed by atoms with E-state index in [0.29, 0.717) is 11.5 Å². The number of rotatable bonds is 6. The summed E-state index contributed by atoms with van der Waals surface area (Å²) < 4.78 is 55.0. The van der Waals surface area contributed by atoms with Crippen molar-refractivity contribution in [3.8, 4) is 11.1 Å². The third-order valence-corrected chi connectivity index (χ3v) is 6.43. The molecule has 1 fully saturated rings. The van der Waals surface area contributed by atoms with Crippen molar-refractivity contribution in [3.63, 3.8) is 0 Å². The molecule has 7 heteroatoms. The maximum atomic E-state index is 13.9. The van der Waals surface area contributed by atoms with Gasteiger partial charge in [0.1, 0.15) is 11.6 Å². The van der Waals surface area contributed by atoms with E-state index >= 15 is 0 Å². The zero-order valence-electron chi connectivity index (χ0n) is 15.5. The Hall–Kier alpha value is -1.83. The number of benzene rings is 2. The fraction of sp³-hybridized carbons (Fsp3) is 0.400. The summed E-state index contributed by atoms with van der Waals surface area (Å²) >= 11 is 0. The van der Waals surface area contributed by atoms with Gasteiger partial charge in [0.25, 0.3) is 0 Å². The van der Waals surface area contributed by atoms with Crippen molar-refractivity contribution in [3.05, 3.63) is 54.1 Å². The average Bonchev–Trinajstić information content (AvgIpc) is 3.00. The fourth-order valence-corrected chi connectivity index (χ4v) is 4.97. The highest BCUT2D eigenvalue weighted by molar-refractivity contribution is 7.89. The lowest BCUT2D eigenvalue weighted by atomic mass is 10.1. The van der Waals surface area contributed by atoms with Gasteiger partial charge in [0.05, 0.1) is 4.90 Å². The predicted molar refractivity (Wildman–Crippen MR) is 102 cm³/mol. The quantitative estimate of drug-likeness (QED) is 0.814. The van der Waals surface area contributed by atoms with Crippen LogP contribution >= 0.6 is 0 Å². The van der Waals surface area contributed by atoms with E-state index in [0.717, 1.165) is 31.9 Å². The predicted octanol–water partition coefficient (Wildman–Crippen LogP) is 3.64. The standard InChI is InChI=1S/C20H24F2N2O2S/c1-24(2)13-14-3-7-17(11-14)23-27(25,26)18-8-4-15(5-9-18)19-10-6-16(21)12-20(19)22/h4-6,8-10,12,14,17,23H,3,7,11,13H2,1-2H3/t14-,17+/m0/s1. The van der Waals surface area contributed by atoms with E-state index in [9.17, 15) is 17.2 Å². The smallest absolute Gasteiger partial charge is 0.240 e. The van der Waals surface area contributed by atoms with Crippen LogP contribution in [-0.4, -0.2) is 40.0 Å². The van der Waals surface area contributed by atoms with Crippen LogP contribution in [0.25, 0.3) is 11.1 Å². The number of hydrogen-bond donors (Lipinski definition) is 1. The van der Waals surface area contributed by atoms with E-state index in [-0.39, 0.29) is 16.5 Å². The third kappa shape index (κ3) is 4.91. The van der Waals surface area contributed by atoms with Crippen LogP contribution in [-0.2, 0) is 10.0 Å². The van der Waals surface area contributed by atoms with Crippen molar-refractivity contribution in [2.75, 3.05) is 20.6 Å². The minimum absolute atomic E-state index is 0.0610. The molecule has 0 aromatic heterocycles. The van der Waals surface area contributed by atoms with Crippen molar-refractivity contribution in [1.29, 1.82) is 0 Å². The average molecular weight is 394 g/mol. The van der Waals surface area contributed by atoms with E-state index in [2.05, 4.69) is 9.62 Å². The first kappa shape index (κ1) is 19.9. The zero-order chi connectivity index (χ0) is 19.6. The number of nitrogens with zero attached hydrogens (tertiary/aromatic N) is 1. The van der Waals surface area contributed by atoms with Crippen LogP contribution in [0.1, 0.15) is 19.3 Å². The van der Waals surface area contributed by atoms with Gasteiger partial charge in [-0.15, -0.1) is 0 Å². The van der Waals surface area contributed by atoms with Crippen molar-refractivity contribution in [2.45, 2.75) is 30.2 Å². The topological polar surface area (TPSA) is 49.4 Å². The molecule has 0 spiro atoms. The summed E-state index contributed by atoms with van der Waals surface area (Å²) in [4.78, 5) is 2.26. The minimum Gasteiger partial charge on any atom is -0.309 e. The summed E-state index contributed by atoms with van der Waals surface area (Å²) in [7, 11) is 0.405. The largest absolute Gasteiger partial charge is 0.309 e. The Kier molecular flexibility index (Phi) is 5.93. The molecule has 27 heavy (non-hydrogen) atoms. The van der Waals surface area contributed by atoms with E-state index in [4.69, 9.17) is 0 Å². The maximum absolute atomic E-state index is 13.9. The second-order valence-corrected chi connectivity index (χ2v) is 9.12. The minimum atomic E-state index is -3.63. The Bertz CT molecular complexity index is 899. The number of halogens is 2. The molecule has 3 rings (SSSR count). The SMILES string of the molecule is CN(C)C[C@H]1CC[C@@H](NS(=O)(=O)c2ccc(-c3ccc(F)cc3F)cc2)C1. The number of sulfonamides is 1. The lowest BCUT2D eigenvalue weighted by Gasteiger charge is -2.17. The molecule has 1 N–H and O–H groups in total. The van der Waals surface area contributed by atoms with Gasteiger partial charge in [0.2, 0.25) is 10.0 Å². The van der Waals surface area contributed by atoms with E-state index in [1.807, 2.05) is 14.1 Å². The number of nitrogens with one attached hydrogen (secondary N) is 1. The first-order valence-corrected chi connectivity index (χ1v) is 10.5. The molecule has 0 amide bonds. The summed E-state index contributed by atoms with van der Waals surface area (Å²) in [5.74, 6) is -0.832. The molecule has 1 saturated carbocycles. The van der Waals surface area contributed by atoms with E-state index in [1.165, 1.54) is 36.4 Å². The second-order valence-electron chi connectivity index (χ2n) is 7.41. The third-order valence-electron chi connectivity index (χ3n) is 4.89. The molecule has 4 nitrogen and oxygen atoms in total. The van der Waals surface area contributed by atoms with Gasteiger partial charge >= 0.3 is 0 Å². The molecule has 0 heterocycles. The monoisotopic (exact) mass is 394 g/mol. The summed E-state index contributed by atoms with van der Waals surface area (Å²) in [6.45, 7) is 0.955. The Balaban J connectivity index is 1.70. The van der Waals surface area contributed by atoms with Gasteiger partial charge in [0, 0.05) is 24.2 Å². The Morgan fingerprint density at radius 3 is 2.41 bits per heavy atom. The highest BCUT2D eigenvalue weighted by Gasteiger charge is 2.29.